The second-order valence-electron chi connectivity index (χ2n) is 6.48. The number of nitrogens with one attached hydrogen (secondary N) is 1. The summed E-state index contributed by atoms with van der Waals surface area (Å²) in [5, 5.41) is 2.90. The number of unbranched alkanes of at least 4 members (excludes halogenated alkanes) is 1. The Kier molecular flexibility index (Phi) is 7.08. The van der Waals surface area contributed by atoms with Gasteiger partial charge in [0.05, 0.1) is 6.61 Å². The fourth-order valence-corrected chi connectivity index (χ4v) is 2.64. The van der Waals surface area contributed by atoms with Crippen LogP contribution < -0.4 is 14.8 Å². The summed E-state index contributed by atoms with van der Waals surface area (Å²) in [5.74, 6) is 1.30. The lowest BCUT2D eigenvalue weighted by Crippen LogP contribution is -2.12. The summed E-state index contributed by atoms with van der Waals surface area (Å²) in [6.07, 6.45) is 2.13. The van der Waals surface area contributed by atoms with Crippen molar-refractivity contribution in [3.05, 3.63) is 90.0 Å². The predicted octanol–water partition coefficient (Wildman–Crippen LogP) is 5.70. The Hall–Kier alpha value is -3.27. The molecule has 0 atom stereocenters. The Morgan fingerprint density at radius 1 is 0.857 bits per heavy atom. The van der Waals surface area contributed by atoms with Crippen LogP contribution >= 0.6 is 0 Å². The lowest BCUT2D eigenvalue weighted by atomic mass is 10.2. The van der Waals surface area contributed by atoms with Gasteiger partial charge in [0, 0.05) is 11.3 Å². The molecule has 0 bridgehead atoms. The molecule has 1 amide bonds. The van der Waals surface area contributed by atoms with Crippen molar-refractivity contribution in [3.8, 4) is 11.5 Å². The number of rotatable bonds is 9. The van der Waals surface area contributed by atoms with Crippen molar-refractivity contribution in [2.24, 2.45) is 0 Å². The van der Waals surface area contributed by atoms with Gasteiger partial charge < -0.3 is 14.8 Å². The summed E-state index contributed by atoms with van der Waals surface area (Å²) in [6.45, 7) is 3.30. The molecular formula is C24H25NO3. The Labute approximate surface area is 166 Å². The SMILES string of the molecule is CCCCOc1ccc(NC(=O)c2cccc(OCc3ccccc3)c2)cc1. The summed E-state index contributed by atoms with van der Waals surface area (Å²) in [5.41, 5.74) is 2.36. The first kappa shape index (κ1) is 19.5. The molecule has 0 spiro atoms. The largest absolute Gasteiger partial charge is 0.494 e. The molecule has 3 aromatic rings. The van der Waals surface area contributed by atoms with Crippen LogP contribution in [0.4, 0.5) is 5.69 Å². The monoisotopic (exact) mass is 375 g/mol. The maximum Gasteiger partial charge on any atom is 0.255 e. The second-order valence-corrected chi connectivity index (χ2v) is 6.48. The molecule has 4 heteroatoms. The highest BCUT2D eigenvalue weighted by atomic mass is 16.5. The van der Waals surface area contributed by atoms with Crippen LogP contribution in [0.25, 0.3) is 0 Å². The van der Waals surface area contributed by atoms with Crippen LogP contribution in [-0.2, 0) is 6.61 Å². The molecule has 0 radical (unpaired) electrons. The van der Waals surface area contributed by atoms with E-state index in [1.165, 1.54) is 0 Å². The van der Waals surface area contributed by atoms with Gasteiger partial charge in [-0.2, -0.15) is 0 Å². The standard InChI is InChI=1S/C24H25NO3/c1-2-3-16-27-22-14-12-21(13-15-22)25-24(26)20-10-7-11-23(17-20)28-18-19-8-5-4-6-9-19/h4-15,17H,2-3,16,18H2,1H3,(H,25,26). The normalized spacial score (nSPS) is 10.3. The van der Waals surface area contributed by atoms with Crippen molar-refractivity contribution in [1.29, 1.82) is 0 Å². The number of benzene rings is 3. The number of carbonyl (C=O) groups is 1. The topological polar surface area (TPSA) is 47.6 Å². The van der Waals surface area contributed by atoms with E-state index in [1.807, 2.05) is 66.7 Å². The molecular weight excluding hydrogens is 350 g/mol. The molecule has 0 aliphatic heterocycles. The zero-order valence-corrected chi connectivity index (χ0v) is 16.1. The molecule has 0 heterocycles. The Morgan fingerprint density at radius 3 is 2.39 bits per heavy atom. The summed E-state index contributed by atoms with van der Waals surface area (Å²) in [4.78, 5) is 12.5. The number of ether oxygens (including phenoxy) is 2. The smallest absolute Gasteiger partial charge is 0.255 e. The minimum absolute atomic E-state index is 0.176. The van der Waals surface area contributed by atoms with Gasteiger partial charge in [0.2, 0.25) is 0 Å². The van der Waals surface area contributed by atoms with Crippen LogP contribution in [0.3, 0.4) is 0 Å². The third-order valence-electron chi connectivity index (χ3n) is 4.22. The number of hydrogen-bond acceptors (Lipinski definition) is 3. The van der Waals surface area contributed by atoms with E-state index >= 15 is 0 Å². The van der Waals surface area contributed by atoms with Gasteiger partial charge in [-0.05, 0) is 54.4 Å². The van der Waals surface area contributed by atoms with Crippen molar-refractivity contribution in [3.63, 3.8) is 0 Å². The van der Waals surface area contributed by atoms with Gasteiger partial charge in [0.25, 0.3) is 5.91 Å². The minimum atomic E-state index is -0.176. The van der Waals surface area contributed by atoms with Crippen LogP contribution in [0.15, 0.2) is 78.9 Å². The average Bonchev–Trinajstić information content (AvgIpc) is 2.75. The van der Waals surface area contributed by atoms with Gasteiger partial charge in [-0.3, -0.25) is 4.79 Å². The van der Waals surface area contributed by atoms with Gasteiger partial charge in [-0.1, -0.05) is 49.7 Å². The molecule has 0 unspecified atom stereocenters. The Morgan fingerprint density at radius 2 is 1.64 bits per heavy atom. The van der Waals surface area contributed by atoms with E-state index in [0.717, 1.165) is 29.8 Å². The molecule has 3 rings (SSSR count). The summed E-state index contributed by atoms with van der Waals surface area (Å²) >= 11 is 0. The van der Waals surface area contributed by atoms with Crippen molar-refractivity contribution >= 4 is 11.6 Å². The maximum atomic E-state index is 12.5. The lowest BCUT2D eigenvalue weighted by molar-refractivity contribution is 0.102. The van der Waals surface area contributed by atoms with Gasteiger partial charge in [0.15, 0.2) is 0 Å². The van der Waals surface area contributed by atoms with Crippen LogP contribution in [0, 0.1) is 0 Å². The van der Waals surface area contributed by atoms with Gasteiger partial charge in [0.1, 0.15) is 18.1 Å². The van der Waals surface area contributed by atoms with Crippen molar-refractivity contribution in [2.75, 3.05) is 11.9 Å². The number of amides is 1. The Bertz CT molecular complexity index is 876. The van der Waals surface area contributed by atoms with Gasteiger partial charge in [-0.25, -0.2) is 0 Å². The van der Waals surface area contributed by atoms with Gasteiger partial charge >= 0.3 is 0 Å². The number of anilines is 1. The number of carbonyl (C=O) groups excluding carboxylic acids is 1. The zero-order valence-electron chi connectivity index (χ0n) is 16.1. The van der Waals surface area contributed by atoms with E-state index in [1.54, 1.807) is 12.1 Å². The van der Waals surface area contributed by atoms with Crippen molar-refractivity contribution < 1.29 is 14.3 Å². The minimum Gasteiger partial charge on any atom is -0.494 e. The molecule has 4 nitrogen and oxygen atoms in total. The third-order valence-corrected chi connectivity index (χ3v) is 4.22. The average molecular weight is 375 g/mol. The van der Waals surface area contributed by atoms with Crippen molar-refractivity contribution in [2.45, 2.75) is 26.4 Å². The van der Waals surface area contributed by atoms with E-state index in [0.29, 0.717) is 24.5 Å². The predicted molar refractivity (Wildman–Crippen MR) is 112 cm³/mol. The summed E-state index contributed by atoms with van der Waals surface area (Å²) < 4.78 is 11.4. The van der Waals surface area contributed by atoms with Crippen LogP contribution in [-0.4, -0.2) is 12.5 Å². The van der Waals surface area contributed by atoms with E-state index < -0.39 is 0 Å². The molecule has 0 aliphatic carbocycles. The molecule has 0 fully saturated rings. The fraction of sp³-hybridized carbons (Fsp3) is 0.208. The van der Waals surface area contributed by atoms with E-state index in [2.05, 4.69) is 12.2 Å². The van der Waals surface area contributed by atoms with Crippen LogP contribution in [0.5, 0.6) is 11.5 Å². The molecule has 0 saturated heterocycles. The first-order chi connectivity index (χ1) is 13.7. The first-order valence-electron chi connectivity index (χ1n) is 9.55. The molecule has 144 valence electrons. The van der Waals surface area contributed by atoms with Crippen LogP contribution in [0.2, 0.25) is 0 Å². The first-order valence-corrected chi connectivity index (χ1v) is 9.55. The summed E-state index contributed by atoms with van der Waals surface area (Å²) in [6, 6.07) is 24.5. The van der Waals surface area contributed by atoms with E-state index in [9.17, 15) is 4.79 Å². The van der Waals surface area contributed by atoms with E-state index in [-0.39, 0.29) is 5.91 Å². The molecule has 3 aromatic carbocycles. The summed E-state index contributed by atoms with van der Waals surface area (Å²) in [7, 11) is 0. The van der Waals surface area contributed by atoms with Crippen molar-refractivity contribution in [1.82, 2.24) is 0 Å². The highest BCUT2D eigenvalue weighted by Gasteiger charge is 2.08. The molecule has 0 saturated carbocycles. The fourth-order valence-electron chi connectivity index (χ4n) is 2.64. The molecule has 1 N–H and O–H groups in total. The molecule has 0 aliphatic rings. The second kappa shape index (κ2) is 10.2. The zero-order chi connectivity index (χ0) is 19.6. The molecule has 0 aromatic heterocycles. The Balaban J connectivity index is 1.56. The quantitative estimate of drug-likeness (QED) is 0.488. The molecule has 28 heavy (non-hydrogen) atoms. The number of hydrogen-bond donors (Lipinski definition) is 1. The van der Waals surface area contributed by atoms with E-state index in [4.69, 9.17) is 9.47 Å². The highest BCUT2D eigenvalue weighted by Crippen LogP contribution is 2.19. The third kappa shape index (κ3) is 5.88. The highest BCUT2D eigenvalue weighted by molar-refractivity contribution is 6.04. The maximum absolute atomic E-state index is 12.5. The van der Waals surface area contributed by atoms with Crippen LogP contribution in [0.1, 0.15) is 35.7 Å². The van der Waals surface area contributed by atoms with Gasteiger partial charge in [-0.15, -0.1) is 0 Å². The lowest BCUT2D eigenvalue weighted by Gasteiger charge is -2.10.